The summed E-state index contributed by atoms with van der Waals surface area (Å²) in [5.41, 5.74) is 0.727. The van der Waals surface area contributed by atoms with Gasteiger partial charge in [-0.05, 0) is 36.8 Å². The SMILES string of the molecule is C[C@@H](OC(=O)/C=C/c1ccc2c(c1)OCO2)C(=O)Nc1ncc(Cl)cc1Cl. The molecule has 1 aromatic heterocycles. The lowest BCUT2D eigenvalue weighted by molar-refractivity contribution is -0.148. The molecule has 1 aliphatic rings. The highest BCUT2D eigenvalue weighted by Crippen LogP contribution is 2.32. The Morgan fingerprint density at radius 2 is 2.04 bits per heavy atom. The standard InChI is InChI=1S/C18H14Cl2N2O5/c1-10(18(24)22-17-13(20)7-12(19)8-21-17)27-16(23)5-3-11-2-4-14-15(6-11)26-9-25-14/h2-8,10H,9H2,1H3,(H,21,22,24)/b5-3+/t10-/m1/s1. The molecule has 0 radical (unpaired) electrons. The summed E-state index contributed by atoms with van der Waals surface area (Å²) < 4.78 is 15.6. The van der Waals surface area contributed by atoms with Crippen LogP contribution >= 0.6 is 23.2 Å². The average molecular weight is 409 g/mol. The summed E-state index contributed by atoms with van der Waals surface area (Å²) in [5, 5.41) is 2.99. The molecule has 7 nitrogen and oxygen atoms in total. The van der Waals surface area contributed by atoms with Crippen molar-refractivity contribution in [2.75, 3.05) is 12.1 Å². The van der Waals surface area contributed by atoms with Crippen molar-refractivity contribution in [1.82, 2.24) is 4.98 Å². The number of hydrogen-bond donors (Lipinski definition) is 1. The number of ether oxygens (including phenoxy) is 3. The van der Waals surface area contributed by atoms with Gasteiger partial charge < -0.3 is 19.5 Å². The monoisotopic (exact) mass is 408 g/mol. The van der Waals surface area contributed by atoms with Crippen molar-refractivity contribution in [1.29, 1.82) is 0 Å². The Kier molecular flexibility index (Phi) is 5.83. The minimum atomic E-state index is -1.05. The fourth-order valence-electron chi connectivity index (χ4n) is 2.17. The molecule has 2 heterocycles. The molecule has 0 saturated heterocycles. The van der Waals surface area contributed by atoms with E-state index in [-0.39, 0.29) is 17.6 Å². The molecular formula is C18H14Cl2N2O5. The number of halogens is 2. The molecule has 1 N–H and O–H groups in total. The molecule has 3 rings (SSSR count). The van der Waals surface area contributed by atoms with Gasteiger partial charge in [0, 0.05) is 12.3 Å². The first-order valence-electron chi connectivity index (χ1n) is 7.82. The van der Waals surface area contributed by atoms with Gasteiger partial charge in [-0.3, -0.25) is 4.79 Å². The smallest absolute Gasteiger partial charge is 0.331 e. The molecule has 1 atom stereocenters. The van der Waals surface area contributed by atoms with Crippen molar-refractivity contribution < 1.29 is 23.8 Å². The number of rotatable bonds is 5. The Bertz CT molecular complexity index is 917. The van der Waals surface area contributed by atoms with Crippen molar-refractivity contribution in [2.45, 2.75) is 13.0 Å². The number of esters is 1. The lowest BCUT2D eigenvalue weighted by Gasteiger charge is -2.12. The zero-order valence-electron chi connectivity index (χ0n) is 14.1. The van der Waals surface area contributed by atoms with Crippen LogP contribution < -0.4 is 14.8 Å². The van der Waals surface area contributed by atoms with Crippen molar-refractivity contribution in [3.8, 4) is 11.5 Å². The van der Waals surface area contributed by atoms with Crippen LogP contribution in [-0.4, -0.2) is 29.8 Å². The molecule has 1 aromatic carbocycles. The highest BCUT2D eigenvalue weighted by molar-refractivity contribution is 6.36. The summed E-state index contributed by atoms with van der Waals surface area (Å²) in [6, 6.07) is 6.68. The van der Waals surface area contributed by atoms with Crippen LogP contribution in [-0.2, 0) is 14.3 Å². The Balaban J connectivity index is 1.55. The van der Waals surface area contributed by atoms with Gasteiger partial charge in [0.1, 0.15) is 0 Å². The van der Waals surface area contributed by atoms with E-state index in [9.17, 15) is 9.59 Å². The average Bonchev–Trinajstić information content (AvgIpc) is 3.10. The van der Waals surface area contributed by atoms with Gasteiger partial charge in [-0.15, -0.1) is 0 Å². The number of amides is 1. The first kappa shape index (κ1) is 19.0. The van der Waals surface area contributed by atoms with Crippen LogP contribution in [0.1, 0.15) is 12.5 Å². The van der Waals surface area contributed by atoms with Crippen LogP contribution in [0.25, 0.3) is 6.08 Å². The van der Waals surface area contributed by atoms with E-state index < -0.39 is 18.0 Å². The molecule has 2 aromatic rings. The zero-order chi connectivity index (χ0) is 19.4. The van der Waals surface area contributed by atoms with Gasteiger partial charge in [-0.25, -0.2) is 9.78 Å². The molecule has 0 spiro atoms. The van der Waals surface area contributed by atoms with E-state index in [0.717, 1.165) is 5.56 Å². The van der Waals surface area contributed by atoms with Crippen LogP contribution in [0, 0.1) is 0 Å². The number of pyridine rings is 1. The van der Waals surface area contributed by atoms with Crippen LogP contribution in [0.5, 0.6) is 11.5 Å². The Hall–Kier alpha value is -2.77. The van der Waals surface area contributed by atoms with E-state index in [1.165, 1.54) is 25.3 Å². The second kappa shape index (κ2) is 8.28. The van der Waals surface area contributed by atoms with Crippen molar-refractivity contribution >= 4 is 47.0 Å². The van der Waals surface area contributed by atoms with E-state index in [2.05, 4.69) is 10.3 Å². The quantitative estimate of drug-likeness (QED) is 0.599. The molecule has 0 saturated carbocycles. The summed E-state index contributed by atoms with van der Waals surface area (Å²) in [7, 11) is 0. The second-order valence-electron chi connectivity index (χ2n) is 5.50. The van der Waals surface area contributed by atoms with Crippen LogP contribution in [0.4, 0.5) is 5.82 Å². The van der Waals surface area contributed by atoms with Gasteiger partial charge in [0.2, 0.25) is 6.79 Å². The maximum absolute atomic E-state index is 12.1. The Labute approximate surface area is 164 Å². The zero-order valence-corrected chi connectivity index (χ0v) is 15.6. The van der Waals surface area contributed by atoms with E-state index >= 15 is 0 Å². The molecule has 1 amide bonds. The Morgan fingerprint density at radius 1 is 1.26 bits per heavy atom. The molecule has 140 valence electrons. The van der Waals surface area contributed by atoms with Gasteiger partial charge in [-0.1, -0.05) is 29.3 Å². The number of carbonyl (C=O) groups is 2. The summed E-state index contributed by atoms with van der Waals surface area (Å²) in [5.74, 6) is 0.131. The number of fused-ring (bicyclic) bond motifs is 1. The minimum Gasteiger partial charge on any atom is -0.454 e. The number of hydrogen-bond acceptors (Lipinski definition) is 6. The van der Waals surface area contributed by atoms with E-state index in [4.69, 9.17) is 37.4 Å². The third-order valence-corrected chi connectivity index (χ3v) is 4.01. The van der Waals surface area contributed by atoms with Crippen molar-refractivity contribution in [3.05, 3.63) is 52.1 Å². The van der Waals surface area contributed by atoms with Crippen LogP contribution in [0.15, 0.2) is 36.5 Å². The van der Waals surface area contributed by atoms with Crippen LogP contribution in [0.2, 0.25) is 10.0 Å². The molecule has 27 heavy (non-hydrogen) atoms. The third kappa shape index (κ3) is 4.90. The van der Waals surface area contributed by atoms with Gasteiger partial charge >= 0.3 is 5.97 Å². The second-order valence-corrected chi connectivity index (χ2v) is 6.34. The topological polar surface area (TPSA) is 86.8 Å². The molecule has 9 heteroatoms. The van der Waals surface area contributed by atoms with E-state index in [0.29, 0.717) is 16.5 Å². The van der Waals surface area contributed by atoms with Crippen molar-refractivity contribution in [2.24, 2.45) is 0 Å². The number of nitrogens with one attached hydrogen (secondary N) is 1. The first-order valence-corrected chi connectivity index (χ1v) is 8.58. The number of carbonyl (C=O) groups excluding carboxylic acids is 2. The molecule has 0 aliphatic carbocycles. The number of aromatic nitrogens is 1. The van der Waals surface area contributed by atoms with Gasteiger partial charge in [-0.2, -0.15) is 0 Å². The molecule has 0 bridgehead atoms. The lowest BCUT2D eigenvalue weighted by atomic mass is 10.2. The largest absolute Gasteiger partial charge is 0.454 e. The number of benzene rings is 1. The molecule has 0 unspecified atom stereocenters. The first-order chi connectivity index (χ1) is 12.9. The maximum Gasteiger partial charge on any atom is 0.331 e. The van der Waals surface area contributed by atoms with Gasteiger partial charge in [0.05, 0.1) is 10.0 Å². The lowest BCUT2D eigenvalue weighted by Crippen LogP contribution is -2.29. The molecule has 0 fully saturated rings. The van der Waals surface area contributed by atoms with E-state index in [1.54, 1.807) is 24.3 Å². The predicted molar refractivity (Wildman–Crippen MR) is 100 cm³/mol. The summed E-state index contributed by atoms with van der Waals surface area (Å²) >= 11 is 11.7. The highest BCUT2D eigenvalue weighted by atomic mass is 35.5. The number of nitrogens with zero attached hydrogens (tertiary/aromatic N) is 1. The van der Waals surface area contributed by atoms with Gasteiger partial charge in [0.25, 0.3) is 5.91 Å². The fraction of sp³-hybridized carbons (Fsp3) is 0.167. The Morgan fingerprint density at radius 3 is 2.81 bits per heavy atom. The normalized spacial score (nSPS) is 13.4. The molecular weight excluding hydrogens is 395 g/mol. The third-order valence-electron chi connectivity index (χ3n) is 3.52. The van der Waals surface area contributed by atoms with E-state index in [1.807, 2.05) is 0 Å². The highest BCUT2D eigenvalue weighted by Gasteiger charge is 2.18. The summed E-state index contributed by atoms with van der Waals surface area (Å²) in [6.07, 6.45) is 3.06. The summed E-state index contributed by atoms with van der Waals surface area (Å²) in [4.78, 5) is 27.9. The molecule has 1 aliphatic heterocycles. The fourth-order valence-corrected chi connectivity index (χ4v) is 2.60. The summed E-state index contributed by atoms with van der Waals surface area (Å²) in [6.45, 7) is 1.61. The minimum absolute atomic E-state index is 0.130. The maximum atomic E-state index is 12.1. The predicted octanol–water partition coefficient (Wildman–Crippen LogP) is 3.70. The van der Waals surface area contributed by atoms with Gasteiger partial charge in [0.15, 0.2) is 23.4 Å². The van der Waals surface area contributed by atoms with Crippen LogP contribution in [0.3, 0.4) is 0 Å². The number of anilines is 1. The van der Waals surface area contributed by atoms with Crippen molar-refractivity contribution in [3.63, 3.8) is 0 Å².